The second kappa shape index (κ2) is 9.09. The van der Waals surface area contributed by atoms with E-state index in [2.05, 4.69) is 10.6 Å². The number of methoxy groups -OCH3 is 2. The number of carbonyl (C=O) groups is 2. The van der Waals surface area contributed by atoms with Crippen LogP contribution in [-0.2, 0) is 9.59 Å². The molecule has 1 aromatic carbocycles. The number of nitrogens with zero attached hydrogens (tertiary/aromatic N) is 1. The lowest BCUT2D eigenvalue weighted by molar-refractivity contribution is -0.129. The molecule has 2 atom stereocenters. The Bertz CT molecular complexity index is 627. The Labute approximate surface area is 159 Å². The predicted molar refractivity (Wildman–Crippen MR) is 101 cm³/mol. The highest BCUT2D eigenvalue weighted by molar-refractivity contribution is 6.01. The van der Waals surface area contributed by atoms with Crippen LogP contribution >= 0.6 is 12.4 Å². The fourth-order valence-electron chi connectivity index (χ4n) is 3.38. The molecule has 3 rings (SSSR count). The van der Waals surface area contributed by atoms with Gasteiger partial charge in [0.05, 0.1) is 25.8 Å². The summed E-state index contributed by atoms with van der Waals surface area (Å²) in [5, 5.41) is 6.15. The quantitative estimate of drug-likeness (QED) is 0.802. The third kappa shape index (κ3) is 4.40. The van der Waals surface area contributed by atoms with Gasteiger partial charge in [-0.2, -0.15) is 0 Å². The second-order valence-corrected chi connectivity index (χ2v) is 6.45. The molecule has 2 saturated heterocycles. The van der Waals surface area contributed by atoms with E-state index in [4.69, 9.17) is 9.47 Å². The monoisotopic (exact) mass is 383 g/mol. The maximum Gasteiger partial charge on any atom is 0.249 e. The zero-order chi connectivity index (χ0) is 17.8. The number of benzene rings is 1. The molecule has 0 bridgehead atoms. The Morgan fingerprint density at radius 2 is 1.88 bits per heavy atom. The third-order valence-corrected chi connectivity index (χ3v) is 4.84. The van der Waals surface area contributed by atoms with Gasteiger partial charge < -0.3 is 25.0 Å². The average Bonchev–Trinajstić information content (AvgIpc) is 3.02. The Kier molecular flexibility index (Phi) is 7.11. The number of nitrogens with one attached hydrogen (secondary N) is 2. The average molecular weight is 384 g/mol. The summed E-state index contributed by atoms with van der Waals surface area (Å²) >= 11 is 0. The van der Waals surface area contributed by atoms with Crippen molar-refractivity contribution in [1.29, 1.82) is 0 Å². The van der Waals surface area contributed by atoms with E-state index in [1.54, 1.807) is 37.3 Å². The zero-order valence-electron chi connectivity index (χ0n) is 15.1. The minimum Gasteiger partial charge on any atom is -0.497 e. The molecule has 0 saturated carbocycles. The number of halogens is 1. The summed E-state index contributed by atoms with van der Waals surface area (Å²) < 4.78 is 10.5. The van der Waals surface area contributed by atoms with E-state index < -0.39 is 6.04 Å². The van der Waals surface area contributed by atoms with Crippen LogP contribution in [0, 0.1) is 5.92 Å². The van der Waals surface area contributed by atoms with Crippen LogP contribution in [0.3, 0.4) is 0 Å². The zero-order valence-corrected chi connectivity index (χ0v) is 15.9. The van der Waals surface area contributed by atoms with Gasteiger partial charge in [-0.15, -0.1) is 12.4 Å². The van der Waals surface area contributed by atoms with Gasteiger partial charge in [0, 0.05) is 31.3 Å². The summed E-state index contributed by atoms with van der Waals surface area (Å²) in [5.74, 6) is 1.08. The highest BCUT2D eigenvalue weighted by Crippen LogP contribution is 2.31. The van der Waals surface area contributed by atoms with Gasteiger partial charge in [-0.1, -0.05) is 0 Å². The molecule has 2 fully saturated rings. The number of anilines is 1. The van der Waals surface area contributed by atoms with Crippen LogP contribution in [0.4, 0.5) is 5.69 Å². The maximum atomic E-state index is 12.7. The van der Waals surface area contributed by atoms with E-state index in [1.165, 1.54) is 0 Å². The normalized spacial score (nSPS) is 22.5. The third-order valence-electron chi connectivity index (χ3n) is 4.84. The summed E-state index contributed by atoms with van der Waals surface area (Å²) in [7, 11) is 3.15. The Morgan fingerprint density at radius 1 is 1.19 bits per heavy atom. The van der Waals surface area contributed by atoms with E-state index >= 15 is 0 Å². The topological polar surface area (TPSA) is 79.9 Å². The molecule has 2 aliphatic heterocycles. The molecule has 0 radical (unpaired) electrons. The fraction of sp³-hybridized carbons (Fsp3) is 0.556. The first kappa shape index (κ1) is 20.3. The Morgan fingerprint density at radius 3 is 2.46 bits per heavy atom. The van der Waals surface area contributed by atoms with Crippen LogP contribution in [0.25, 0.3) is 0 Å². The summed E-state index contributed by atoms with van der Waals surface area (Å²) in [6.07, 6.45) is 2.47. The molecule has 2 aliphatic rings. The lowest BCUT2D eigenvalue weighted by Gasteiger charge is -2.23. The van der Waals surface area contributed by atoms with Crippen LogP contribution in [0.1, 0.15) is 19.3 Å². The number of hydrogen-bond donors (Lipinski definition) is 2. The first-order chi connectivity index (χ1) is 12.1. The van der Waals surface area contributed by atoms with Crippen LogP contribution in [0.2, 0.25) is 0 Å². The highest BCUT2D eigenvalue weighted by atomic mass is 35.5. The minimum atomic E-state index is -0.466. The maximum absolute atomic E-state index is 12.7. The molecular weight excluding hydrogens is 358 g/mol. The van der Waals surface area contributed by atoms with Crippen molar-refractivity contribution in [3.8, 4) is 11.5 Å². The lowest BCUT2D eigenvalue weighted by Crippen LogP contribution is -2.47. The molecule has 2 heterocycles. The first-order valence-corrected chi connectivity index (χ1v) is 8.68. The van der Waals surface area contributed by atoms with E-state index in [0.717, 1.165) is 25.1 Å². The second-order valence-electron chi connectivity index (χ2n) is 6.45. The molecule has 2 unspecified atom stereocenters. The van der Waals surface area contributed by atoms with Crippen LogP contribution < -0.4 is 25.0 Å². The highest BCUT2D eigenvalue weighted by Gasteiger charge is 2.35. The van der Waals surface area contributed by atoms with Gasteiger partial charge in [0.2, 0.25) is 11.8 Å². The number of piperidine rings is 1. The molecule has 0 aliphatic carbocycles. The van der Waals surface area contributed by atoms with Gasteiger partial charge in [-0.25, -0.2) is 0 Å². The van der Waals surface area contributed by atoms with Gasteiger partial charge in [0.1, 0.15) is 17.5 Å². The number of hydrogen-bond acceptors (Lipinski definition) is 5. The molecule has 2 N–H and O–H groups in total. The fourth-order valence-corrected chi connectivity index (χ4v) is 3.38. The summed E-state index contributed by atoms with van der Waals surface area (Å²) in [4.78, 5) is 26.8. The summed E-state index contributed by atoms with van der Waals surface area (Å²) in [6.45, 7) is 2.20. The molecule has 0 spiro atoms. The number of rotatable bonds is 5. The van der Waals surface area contributed by atoms with Crippen molar-refractivity contribution in [1.82, 2.24) is 10.6 Å². The van der Waals surface area contributed by atoms with Crippen LogP contribution in [0.15, 0.2) is 18.2 Å². The Hall–Kier alpha value is -1.99. The molecule has 1 aromatic rings. The molecule has 8 heteroatoms. The van der Waals surface area contributed by atoms with Gasteiger partial charge in [0.15, 0.2) is 0 Å². The van der Waals surface area contributed by atoms with Crippen molar-refractivity contribution in [3.05, 3.63) is 18.2 Å². The molecule has 7 nitrogen and oxygen atoms in total. The van der Waals surface area contributed by atoms with E-state index in [1.807, 2.05) is 0 Å². The van der Waals surface area contributed by atoms with Crippen LogP contribution in [0.5, 0.6) is 11.5 Å². The van der Waals surface area contributed by atoms with Gasteiger partial charge in [-0.3, -0.25) is 9.59 Å². The molecule has 26 heavy (non-hydrogen) atoms. The van der Waals surface area contributed by atoms with E-state index in [0.29, 0.717) is 31.0 Å². The molecule has 2 amide bonds. The number of carbonyl (C=O) groups excluding carboxylic acids is 2. The van der Waals surface area contributed by atoms with Crippen molar-refractivity contribution in [3.63, 3.8) is 0 Å². The number of ether oxygens (including phenoxy) is 2. The molecule has 144 valence electrons. The van der Waals surface area contributed by atoms with Crippen molar-refractivity contribution < 1.29 is 19.1 Å². The predicted octanol–water partition coefficient (Wildman–Crippen LogP) is 1.35. The van der Waals surface area contributed by atoms with Crippen molar-refractivity contribution in [2.75, 3.05) is 38.8 Å². The van der Waals surface area contributed by atoms with E-state index in [-0.39, 0.29) is 30.1 Å². The van der Waals surface area contributed by atoms with Gasteiger partial charge in [-0.05, 0) is 25.8 Å². The summed E-state index contributed by atoms with van der Waals surface area (Å²) in [5.41, 5.74) is 0.720. The SMILES string of the molecule is COc1cc(OC)cc(N2CCC(NC(=O)C3CCCNC3)C2=O)c1.Cl. The number of amides is 2. The van der Waals surface area contributed by atoms with Crippen molar-refractivity contribution in [2.24, 2.45) is 5.92 Å². The molecular formula is C18H26ClN3O4. The lowest BCUT2D eigenvalue weighted by atomic mass is 9.98. The van der Waals surface area contributed by atoms with Gasteiger partial charge in [0.25, 0.3) is 0 Å². The first-order valence-electron chi connectivity index (χ1n) is 8.68. The van der Waals surface area contributed by atoms with E-state index in [9.17, 15) is 9.59 Å². The molecule has 0 aromatic heterocycles. The largest absolute Gasteiger partial charge is 0.497 e. The Balaban J connectivity index is 0.00000243. The minimum absolute atomic E-state index is 0. The van der Waals surface area contributed by atoms with Crippen molar-refractivity contribution in [2.45, 2.75) is 25.3 Å². The van der Waals surface area contributed by atoms with Crippen molar-refractivity contribution >= 4 is 29.9 Å². The summed E-state index contributed by atoms with van der Waals surface area (Å²) in [6, 6.07) is 4.90. The van der Waals surface area contributed by atoms with Gasteiger partial charge >= 0.3 is 0 Å². The smallest absolute Gasteiger partial charge is 0.249 e. The standard InChI is InChI=1S/C18H25N3O4.ClH/c1-24-14-8-13(9-15(10-14)25-2)21-7-5-16(18(21)23)20-17(22)12-4-3-6-19-11-12;/h8-10,12,16,19H,3-7,11H2,1-2H3,(H,20,22);1H. The van der Waals surface area contributed by atoms with Crippen LogP contribution in [-0.4, -0.2) is 51.7 Å².